The minimum Gasteiger partial charge on any atom is -0.247 e. The number of hydrogen-bond acceptors (Lipinski definition) is 2. The molecule has 0 spiro atoms. The maximum atomic E-state index is 4.37. The first kappa shape index (κ1) is 14.2. The van der Waals surface area contributed by atoms with Crippen LogP contribution in [0.5, 0.6) is 0 Å². The molecule has 0 saturated heterocycles. The molecule has 0 unspecified atom stereocenters. The van der Waals surface area contributed by atoms with Crippen LogP contribution in [0, 0.1) is 11.3 Å². The SMILES string of the molecule is CC(C)Cc1nnn(C(C)C)c1CC(C)(C)C. The number of nitrogens with zero attached hydrogens (tertiary/aromatic N) is 3. The van der Waals surface area contributed by atoms with E-state index in [1.165, 1.54) is 11.4 Å². The molecule has 0 aromatic carbocycles. The van der Waals surface area contributed by atoms with Crippen molar-refractivity contribution in [1.29, 1.82) is 0 Å². The highest BCUT2D eigenvalue weighted by atomic mass is 15.4. The summed E-state index contributed by atoms with van der Waals surface area (Å²) in [5.41, 5.74) is 2.78. The van der Waals surface area contributed by atoms with Crippen LogP contribution in [0.25, 0.3) is 0 Å². The summed E-state index contributed by atoms with van der Waals surface area (Å²) >= 11 is 0. The van der Waals surface area contributed by atoms with Gasteiger partial charge in [0.15, 0.2) is 0 Å². The van der Waals surface area contributed by atoms with Crippen LogP contribution in [0.2, 0.25) is 0 Å². The molecule has 0 bridgehead atoms. The van der Waals surface area contributed by atoms with Crippen LogP contribution in [-0.4, -0.2) is 15.0 Å². The highest BCUT2D eigenvalue weighted by molar-refractivity contribution is 5.13. The van der Waals surface area contributed by atoms with Crippen molar-refractivity contribution in [3.8, 4) is 0 Å². The molecule has 0 atom stereocenters. The van der Waals surface area contributed by atoms with Gasteiger partial charge in [0.05, 0.1) is 11.4 Å². The van der Waals surface area contributed by atoms with Crippen molar-refractivity contribution in [3.63, 3.8) is 0 Å². The number of hydrogen-bond donors (Lipinski definition) is 0. The lowest BCUT2D eigenvalue weighted by Crippen LogP contribution is -2.17. The minimum absolute atomic E-state index is 0.278. The summed E-state index contributed by atoms with van der Waals surface area (Å²) in [5, 5.41) is 8.69. The molecule has 0 fully saturated rings. The van der Waals surface area contributed by atoms with Crippen molar-refractivity contribution in [2.45, 2.75) is 67.3 Å². The Morgan fingerprint density at radius 2 is 1.71 bits per heavy atom. The molecule has 0 aliphatic carbocycles. The fraction of sp³-hybridized carbons (Fsp3) is 0.857. The van der Waals surface area contributed by atoms with Crippen molar-refractivity contribution in [2.24, 2.45) is 11.3 Å². The van der Waals surface area contributed by atoms with Gasteiger partial charge in [-0.2, -0.15) is 0 Å². The third kappa shape index (κ3) is 4.14. The van der Waals surface area contributed by atoms with E-state index in [9.17, 15) is 0 Å². The fourth-order valence-corrected chi connectivity index (χ4v) is 1.99. The largest absolute Gasteiger partial charge is 0.247 e. The molecule has 3 nitrogen and oxygen atoms in total. The molecule has 0 aliphatic heterocycles. The van der Waals surface area contributed by atoms with Crippen LogP contribution in [-0.2, 0) is 12.8 Å². The first-order valence-corrected chi connectivity index (χ1v) is 6.63. The highest BCUT2D eigenvalue weighted by Crippen LogP contribution is 2.25. The third-order valence-corrected chi connectivity index (χ3v) is 2.66. The van der Waals surface area contributed by atoms with Gasteiger partial charge in [-0.05, 0) is 38.0 Å². The summed E-state index contributed by atoms with van der Waals surface area (Å²) in [6, 6.07) is 0.390. The zero-order chi connectivity index (χ0) is 13.2. The molecule has 1 aromatic rings. The van der Waals surface area contributed by atoms with Gasteiger partial charge in [-0.15, -0.1) is 5.10 Å². The van der Waals surface area contributed by atoms with Gasteiger partial charge in [0.1, 0.15) is 0 Å². The van der Waals surface area contributed by atoms with Crippen LogP contribution in [0.4, 0.5) is 0 Å². The van der Waals surface area contributed by atoms with E-state index in [0.29, 0.717) is 12.0 Å². The molecule has 0 radical (unpaired) electrons. The zero-order valence-corrected chi connectivity index (χ0v) is 12.4. The summed E-state index contributed by atoms with van der Waals surface area (Å²) in [4.78, 5) is 0. The van der Waals surface area contributed by atoms with E-state index < -0.39 is 0 Å². The van der Waals surface area contributed by atoms with Gasteiger partial charge in [-0.25, -0.2) is 4.68 Å². The van der Waals surface area contributed by atoms with Crippen molar-refractivity contribution in [1.82, 2.24) is 15.0 Å². The molecule has 3 heteroatoms. The van der Waals surface area contributed by atoms with Crippen molar-refractivity contribution in [2.75, 3.05) is 0 Å². The van der Waals surface area contributed by atoms with E-state index in [1.54, 1.807) is 0 Å². The smallest absolute Gasteiger partial charge is 0.0862 e. The molecular formula is C14H27N3. The Hall–Kier alpha value is -0.860. The van der Waals surface area contributed by atoms with E-state index in [2.05, 4.69) is 63.5 Å². The molecule has 0 N–H and O–H groups in total. The van der Waals surface area contributed by atoms with E-state index >= 15 is 0 Å². The van der Waals surface area contributed by atoms with Crippen molar-refractivity contribution < 1.29 is 0 Å². The molecule has 0 aliphatic rings. The summed E-state index contributed by atoms with van der Waals surface area (Å²) in [7, 11) is 0. The Kier molecular flexibility index (Phi) is 4.34. The van der Waals surface area contributed by atoms with Crippen molar-refractivity contribution >= 4 is 0 Å². The van der Waals surface area contributed by atoms with Gasteiger partial charge in [-0.1, -0.05) is 39.8 Å². The summed E-state index contributed by atoms with van der Waals surface area (Å²) in [5.74, 6) is 0.631. The summed E-state index contributed by atoms with van der Waals surface area (Å²) in [6.45, 7) is 15.6. The first-order chi connectivity index (χ1) is 7.70. The first-order valence-electron chi connectivity index (χ1n) is 6.63. The Morgan fingerprint density at radius 1 is 1.12 bits per heavy atom. The van der Waals surface area contributed by atoms with Gasteiger partial charge in [0, 0.05) is 6.04 Å². The molecule has 0 saturated carbocycles. The van der Waals surface area contributed by atoms with E-state index in [4.69, 9.17) is 0 Å². The second-order valence-electron chi connectivity index (χ2n) is 6.86. The van der Waals surface area contributed by atoms with E-state index in [-0.39, 0.29) is 5.41 Å². The number of rotatable bonds is 4. The van der Waals surface area contributed by atoms with Gasteiger partial charge < -0.3 is 0 Å². The minimum atomic E-state index is 0.278. The average Bonchev–Trinajstić information content (AvgIpc) is 2.45. The Labute approximate surface area is 106 Å². The lowest BCUT2D eigenvalue weighted by Gasteiger charge is -2.21. The highest BCUT2D eigenvalue weighted by Gasteiger charge is 2.21. The molecular weight excluding hydrogens is 210 g/mol. The monoisotopic (exact) mass is 237 g/mol. The molecule has 1 heterocycles. The quantitative estimate of drug-likeness (QED) is 0.800. The average molecular weight is 237 g/mol. The summed E-state index contributed by atoms with van der Waals surface area (Å²) in [6.07, 6.45) is 2.07. The predicted octanol–water partition coefficient (Wildman–Crippen LogP) is 3.65. The topological polar surface area (TPSA) is 30.7 Å². The zero-order valence-electron chi connectivity index (χ0n) is 12.4. The Bertz CT molecular complexity index is 356. The van der Waals surface area contributed by atoms with Gasteiger partial charge in [0.2, 0.25) is 0 Å². The van der Waals surface area contributed by atoms with E-state index in [1.807, 2.05) is 0 Å². The second-order valence-corrected chi connectivity index (χ2v) is 6.86. The van der Waals surface area contributed by atoms with Gasteiger partial charge in [0.25, 0.3) is 0 Å². The second kappa shape index (κ2) is 5.19. The van der Waals surface area contributed by atoms with E-state index in [0.717, 1.165) is 12.8 Å². The third-order valence-electron chi connectivity index (χ3n) is 2.66. The van der Waals surface area contributed by atoms with Crippen LogP contribution >= 0.6 is 0 Å². The predicted molar refractivity (Wildman–Crippen MR) is 72.1 cm³/mol. The standard InChI is InChI=1S/C14H27N3/c1-10(2)8-12-13(9-14(5,6)7)17(11(3)4)16-15-12/h10-11H,8-9H2,1-7H3. The molecule has 1 aromatic heterocycles. The molecule has 17 heavy (non-hydrogen) atoms. The fourth-order valence-electron chi connectivity index (χ4n) is 1.99. The Balaban J connectivity index is 3.06. The number of aromatic nitrogens is 3. The van der Waals surface area contributed by atoms with Crippen LogP contribution in [0.3, 0.4) is 0 Å². The Morgan fingerprint density at radius 3 is 2.12 bits per heavy atom. The normalized spacial score (nSPS) is 12.8. The molecule has 1 rings (SSSR count). The maximum Gasteiger partial charge on any atom is 0.0862 e. The van der Waals surface area contributed by atoms with Crippen LogP contribution in [0.15, 0.2) is 0 Å². The van der Waals surface area contributed by atoms with Gasteiger partial charge >= 0.3 is 0 Å². The molecule has 0 amide bonds. The lowest BCUT2D eigenvalue weighted by molar-refractivity contribution is 0.380. The van der Waals surface area contributed by atoms with Crippen molar-refractivity contribution in [3.05, 3.63) is 11.4 Å². The summed E-state index contributed by atoms with van der Waals surface area (Å²) < 4.78 is 2.09. The van der Waals surface area contributed by atoms with Crippen LogP contribution in [0.1, 0.15) is 65.9 Å². The molecule has 98 valence electrons. The van der Waals surface area contributed by atoms with Crippen LogP contribution < -0.4 is 0 Å². The van der Waals surface area contributed by atoms with Gasteiger partial charge in [-0.3, -0.25) is 0 Å². The lowest BCUT2D eigenvalue weighted by atomic mass is 9.88. The maximum absolute atomic E-state index is 4.37.